The first-order chi connectivity index (χ1) is 9.52. The number of benzene rings is 1. The summed E-state index contributed by atoms with van der Waals surface area (Å²) in [6.45, 7) is 2.36. The van der Waals surface area contributed by atoms with Crippen molar-refractivity contribution in [3.8, 4) is 0 Å². The number of aliphatic carboxylic acids is 1. The second-order valence-corrected chi connectivity index (χ2v) is 4.91. The Balaban J connectivity index is 2.55. The summed E-state index contributed by atoms with van der Waals surface area (Å²) < 4.78 is 4.96. The lowest BCUT2D eigenvalue weighted by Crippen LogP contribution is -2.42. The fraction of sp³-hybridized carbons (Fsp3) is 0.467. The molecule has 0 fully saturated rings. The highest BCUT2D eigenvalue weighted by Gasteiger charge is 2.21. The quantitative estimate of drug-likeness (QED) is 0.755. The second-order valence-electron chi connectivity index (χ2n) is 4.91. The molecule has 0 radical (unpaired) electrons. The highest BCUT2D eigenvalue weighted by Crippen LogP contribution is 2.06. The van der Waals surface area contributed by atoms with Crippen LogP contribution in [0.2, 0.25) is 0 Å². The largest absolute Gasteiger partial charge is 0.480 e. The molecule has 110 valence electrons. The number of methoxy groups -OCH3 is 1. The maximum atomic E-state index is 11.8. The Labute approximate surface area is 118 Å². The molecule has 20 heavy (non-hydrogen) atoms. The topological polar surface area (TPSA) is 75.6 Å². The molecule has 5 heteroatoms. The van der Waals surface area contributed by atoms with Gasteiger partial charge in [-0.05, 0) is 11.5 Å². The van der Waals surface area contributed by atoms with Crippen molar-refractivity contribution in [1.82, 2.24) is 5.32 Å². The summed E-state index contributed by atoms with van der Waals surface area (Å²) in [7, 11) is 1.57. The van der Waals surface area contributed by atoms with Crippen molar-refractivity contribution in [2.24, 2.45) is 5.92 Å². The van der Waals surface area contributed by atoms with Crippen LogP contribution in [0.1, 0.15) is 18.9 Å². The minimum Gasteiger partial charge on any atom is -0.480 e. The van der Waals surface area contributed by atoms with E-state index >= 15 is 0 Å². The van der Waals surface area contributed by atoms with E-state index in [9.17, 15) is 14.7 Å². The summed E-state index contributed by atoms with van der Waals surface area (Å²) in [5.41, 5.74) is 0.880. The average Bonchev–Trinajstić information content (AvgIpc) is 2.39. The maximum absolute atomic E-state index is 11.8. The van der Waals surface area contributed by atoms with E-state index in [0.29, 0.717) is 6.61 Å². The molecule has 5 nitrogen and oxygen atoms in total. The van der Waals surface area contributed by atoms with E-state index in [1.807, 2.05) is 37.3 Å². The van der Waals surface area contributed by atoms with Crippen molar-refractivity contribution in [2.45, 2.75) is 25.8 Å². The van der Waals surface area contributed by atoms with Crippen molar-refractivity contribution in [3.63, 3.8) is 0 Å². The Bertz CT molecular complexity index is 433. The van der Waals surface area contributed by atoms with Gasteiger partial charge in [-0.1, -0.05) is 37.3 Å². The molecule has 0 bridgehead atoms. The van der Waals surface area contributed by atoms with E-state index in [2.05, 4.69) is 5.32 Å². The molecule has 2 atom stereocenters. The molecule has 0 heterocycles. The molecule has 1 aromatic rings. The Morgan fingerprint density at radius 3 is 2.50 bits per heavy atom. The number of amides is 1. The van der Waals surface area contributed by atoms with E-state index < -0.39 is 12.0 Å². The van der Waals surface area contributed by atoms with Crippen molar-refractivity contribution in [3.05, 3.63) is 35.9 Å². The third kappa shape index (κ3) is 5.84. The Morgan fingerprint density at radius 1 is 1.30 bits per heavy atom. The number of hydrogen-bond acceptors (Lipinski definition) is 3. The van der Waals surface area contributed by atoms with Crippen LogP contribution >= 0.6 is 0 Å². The first-order valence-electron chi connectivity index (χ1n) is 6.58. The molecule has 1 unspecified atom stereocenters. The molecule has 2 N–H and O–H groups in total. The summed E-state index contributed by atoms with van der Waals surface area (Å²) in [6, 6.07) is 8.34. The van der Waals surface area contributed by atoms with Crippen LogP contribution in [-0.4, -0.2) is 36.7 Å². The standard InChI is InChI=1S/C15H21NO4/c1-11(10-20-2)8-14(17)16-13(15(18)19)9-12-6-4-3-5-7-12/h3-7,11,13H,8-10H2,1-2H3,(H,16,17)(H,18,19)/t11?,13-/m0/s1. The van der Waals surface area contributed by atoms with Gasteiger partial charge < -0.3 is 15.2 Å². The van der Waals surface area contributed by atoms with Gasteiger partial charge in [-0.3, -0.25) is 4.79 Å². The molecule has 0 aliphatic carbocycles. The minimum atomic E-state index is -1.03. The molecule has 0 aromatic heterocycles. The van der Waals surface area contributed by atoms with Gasteiger partial charge in [-0.15, -0.1) is 0 Å². The zero-order valence-electron chi connectivity index (χ0n) is 11.8. The number of rotatable bonds is 8. The monoisotopic (exact) mass is 279 g/mol. The Kier molecular flexibility index (Phi) is 6.73. The molecule has 0 spiro atoms. The third-order valence-electron chi connectivity index (χ3n) is 2.90. The van der Waals surface area contributed by atoms with E-state index in [-0.39, 0.29) is 24.7 Å². The SMILES string of the molecule is COCC(C)CC(=O)N[C@@H](Cc1ccccc1)C(=O)O. The normalized spacial score (nSPS) is 13.5. The van der Waals surface area contributed by atoms with Gasteiger partial charge in [0.2, 0.25) is 5.91 Å². The van der Waals surface area contributed by atoms with Crippen molar-refractivity contribution in [2.75, 3.05) is 13.7 Å². The second kappa shape index (κ2) is 8.32. The van der Waals surface area contributed by atoms with Gasteiger partial charge in [0.25, 0.3) is 0 Å². The Hall–Kier alpha value is -1.88. The summed E-state index contributed by atoms with van der Waals surface area (Å²) in [6.07, 6.45) is 0.535. The zero-order valence-corrected chi connectivity index (χ0v) is 11.8. The van der Waals surface area contributed by atoms with Gasteiger partial charge in [0.15, 0.2) is 0 Å². The fourth-order valence-corrected chi connectivity index (χ4v) is 1.96. The molecular formula is C15H21NO4. The van der Waals surface area contributed by atoms with Gasteiger partial charge >= 0.3 is 5.97 Å². The highest BCUT2D eigenvalue weighted by molar-refractivity contribution is 5.83. The van der Waals surface area contributed by atoms with Crippen LogP contribution < -0.4 is 5.32 Å². The number of carbonyl (C=O) groups is 2. The first kappa shape index (κ1) is 16.2. The van der Waals surface area contributed by atoms with Crippen molar-refractivity contribution < 1.29 is 19.4 Å². The van der Waals surface area contributed by atoms with Crippen molar-refractivity contribution >= 4 is 11.9 Å². The highest BCUT2D eigenvalue weighted by atomic mass is 16.5. The van der Waals surface area contributed by atoms with Gasteiger partial charge in [0, 0.05) is 26.6 Å². The smallest absolute Gasteiger partial charge is 0.326 e. The summed E-state index contributed by atoms with van der Waals surface area (Å²) in [4.78, 5) is 23.0. The number of nitrogens with one attached hydrogen (secondary N) is 1. The van der Waals surface area contributed by atoms with Gasteiger partial charge in [0.1, 0.15) is 6.04 Å². The number of ether oxygens (including phenoxy) is 1. The minimum absolute atomic E-state index is 0.0613. The van der Waals surface area contributed by atoms with E-state index in [1.54, 1.807) is 7.11 Å². The first-order valence-corrected chi connectivity index (χ1v) is 6.58. The van der Waals surface area contributed by atoms with Crippen molar-refractivity contribution in [1.29, 1.82) is 0 Å². The predicted molar refractivity (Wildman–Crippen MR) is 75.4 cm³/mol. The molecule has 1 aromatic carbocycles. The fourth-order valence-electron chi connectivity index (χ4n) is 1.96. The van der Waals surface area contributed by atoms with Crippen LogP contribution in [0.25, 0.3) is 0 Å². The molecule has 0 aliphatic heterocycles. The molecule has 0 saturated heterocycles. The molecular weight excluding hydrogens is 258 g/mol. The van der Waals surface area contributed by atoms with Crippen LogP contribution in [-0.2, 0) is 20.7 Å². The Morgan fingerprint density at radius 2 is 1.95 bits per heavy atom. The summed E-state index contributed by atoms with van der Waals surface area (Å²) >= 11 is 0. The van der Waals surface area contributed by atoms with Crippen LogP contribution in [0.15, 0.2) is 30.3 Å². The van der Waals surface area contributed by atoms with Crippen LogP contribution in [0.3, 0.4) is 0 Å². The summed E-state index contributed by atoms with van der Waals surface area (Å²) in [5.74, 6) is -1.23. The molecule has 0 aliphatic rings. The van der Waals surface area contributed by atoms with Crippen LogP contribution in [0, 0.1) is 5.92 Å². The number of hydrogen-bond donors (Lipinski definition) is 2. The summed E-state index contributed by atoms with van der Waals surface area (Å²) in [5, 5.41) is 11.7. The maximum Gasteiger partial charge on any atom is 0.326 e. The van der Waals surface area contributed by atoms with E-state index in [4.69, 9.17) is 4.74 Å². The average molecular weight is 279 g/mol. The number of carboxylic acid groups (broad SMARTS) is 1. The molecule has 1 rings (SSSR count). The van der Waals surface area contributed by atoms with Gasteiger partial charge in [-0.25, -0.2) is 4.79 Å². The predicted octanol–water partition coefficient (Wildman–Crippen LogP) is 1.47. The lowest BCUT2D eigenvalue weighted by Gasteiger charge is -2.16. The van der Waals surface area contributed by atoms with Crippen LogP contribution in [0.5, 0.6) is 0 Å². The van der Waals surface area contributed by atoms with E-state index in [1.165, 1.54) is 0 Å². The number of carbonyl (C=O) groups excluding carboxylic acids is 1. The van der Waals surface area contributed by atoms with E-state index in [0.717, 1.165) is 5.56 Å². The molecule has 1 amide bonds. The molecule has 0 saturated carbocycles. The van der Waals surface area contributed by atoms with Crippen LogP contribution in [0.4, 0.5) is 0 Å². The number of carboxylic acids is 1. The lowest BCUT2D eigenvalue weighted by atomic mass is 10.0. The van der Waals surface area contributed by atoms with Gasteiger partial charge in [-0.2, -0.15) is 0 Å². The third-order valence-corrected chi connectivity index (χ3v) is 2.90. The lowest BCUT2D eigenvalue weighted by molar-refractivity contribution is -0.142. The van der Waals surface area contributed by atoms with Gasteiger partial charge in [0.05, 0.1) is 0 Å². The zero-order chi connectivity index (χ0) is 15.0.